The van der Waals surface area contributed by atoms with Crippen LogP contribution >= 0.6 is 0 Å². The van der Waals surface area contributed by atoms with Crippen LogP contribution < -0.4 is 5.43 Å². The van der Waals surface area contributed by atoms with Crippen molar-refractivity contribution in [3.63, 3.8) is 0 Å². The minimum absolute atomic E-state index is 0.417. The monoisotopic (exact) mass is 124 g/mol. The van der Waals surface area contributed by atoms with Gasteiger partial charge in [0, 0.05) is 12.6 Å². The maximum atomic E-state index is 4.04. The van der Waals surface area contributed by atoms with Crippen molar-refractivity contribution in [2.24, 2.45) is 5.10 Å². The Morgan fingerprint density at radius 1 is 1.33 bits per heavy atom. The number of hydrogen-bond donors (Lipinski definition) is 1. The number of hydrazone groups is 1. The van der Waals surface area contributed by atoms with E-state index < -0.39 is 0 Å². The first-order valence-electron chi connectivity index (χ1n) is 3.70. The van der Waals surface area contributed by atoms with Crippen molar-refractivity contribution < 1.29 is 0 Å². The summed E-state index contributed by atoms with van der Waals surface area (Å²) in [5, 5.41) is 4.04. The van der Waals surface area contributed by atoms with Crippen LogP contribution in [0.15, 0.2) is 5.10 Å². The normalized spacial score (nSPS) is 29.3. The average molecular weight is 124 g/mol. The molecule has 1 saturated carbocycles. The van der Waals surface area contributed by atoms with E-state index in [1.807, 2.05) is 6.21 Å². The molecule has 0 unspecified atom stereocenters. The molecule has 1 N–H and O–H groups in total. The predicted molar refractivity (Wildman–Crippen MR) is 37.4 cm³/mol. The van der Waals surface area contributed by atoms with Gasteiger partial charge in [-0.2, -0.15) is 5.10 Å². The minimum Gasteiger partial charge on any atom is -0.304 e. The summed E-state index contributed by atoms with van der Waals surface area (Å²) in [7, 11) is 0. The Morgan fingerprint density at radius 2 is 2.11 bits per heavy atom. The number of nitrogens with one attached hydrogen (secondary N) is 1. The van der Waals surface area contributed by atoms with Gasteiger partial charge in [0.15, 0.2) is 0 Å². The Balaban J connectivity index is 2.07. The summed E-state index contributed by atoms with van der Waals surface area (Å²) in [6.45, 7) is 0. The Morgan fingerprint density at radius 3 is 2.67 bits per heavy atom. The van der Waals surface area contributed by atoms with E-state index in [4.69, 9.17) is 0 Å². The zero-order valence-corrected chi connectivity index (χ0v) is 5.56. The molecular weight excluding hydrogens is 112 g/mol. The fourth-order valence-corrected chi connectivity index (χ4v) is 1.82. The van der Waals surface area contributed by atoms with Crippen LogP contribution in [-0.4, -0.2) is 11.8 Å². The van der Waals surface area contributed by atoms with Crippen LogP contribution in [0.5, 0.6) is 0 Å². The molecule has 1 aliphatic heterocycles. The van der Waals surface area contributed by atoms with Gasteiger partial charge in [0.05, 0.1) is 5.54 Å². The maximum absolute atomic E-state index is 4.04. The fourth-order valence-electron chi connectivity index (χ4n) is 1.82. The molecule has 2 nitrogen and oxygen atoms in total. The lowest BCUT2D eigenvalue weighted by molar-refractivity contribution is 0.379. The lowest BCUT2D eigenvalue weighted by Gasteiger charge is -2.20. The summed E-state index contributed by atoms with van der Waals surface area (Å²) in [5.41, 5.74) is 3.62. The van der Waals surface area contributed by atoms with E-state index in [0.29, 0.717) is 5.54 Å². The Hall–Kier alpha value is -0.530. The maximum Gasteiger partial charge on any atom is 0.0598 e. The smallest absolute Gasteiger partial charge is 0.0598 e. The van der Waals surface area contributed by atoms with Gasteiger partial charge in [-0.1, -0.05) is 12.8 Å². The van der Waals surface area contributed by atoms with Crippen LogP contribution in [0.3, 0.4) is 0 Å². The first kappa shape index (κ1) is 5.27. The molecule has 1 fully saturated rings. The summed E-state index contributed by atoms with van der Waals surface area (Å²) >= 11 is 0. The van der Waals surface area contributed by atoms with E-state index in [-0.39, 0.29) is 0 Å². The van der Waals surface area contributed by atoms with E-state index in [2.05, 4.69) is 10.5 Å². The van der Waals surface area contributed by atoms with Crippen LogP contribution in [0, 0.1) is 0 Å². The molecule has 0 bridgehead atoms. The van der Waals surface area contributed by atoms with Crippen LogP contribution in [0.2, 0.25) is 0 Å². The van der Waals surface area contributed by atoms with E-state index in [0.717, 1.165) is 6.42 Å². The second-order valence-electron chi connectivity index (χ2n) is 3.12. The lowest BCUT2D eigenvalue weighted by atomic mass is 9.96. The van der Waals surface area contributed by atoms with E-state index in [9.17, 15) is 0 Å². The van der Waals surface area contributed by atoms with Crippen LogP contribution in [-0.2, 0) is 0 Å². The first-order valence-corrected chi connectivity index (χ1v) is 3.70. The summed E-state index contributed by atoms with van der Waals surface area (Å²) in [6.07, 6.45) is 8.59. The Labute approximate surface area is 55.3 Å². The number of hydrogen-bond acceptors (Lipinski definition) is 2. The van der Waals surface area contributed by atoms with Crippen molar-refractivity contribution in [2.45, 2.75) is 37.6 Å². The largest absolute Gasteiger partial charge is 0.304 e. The first-order chi connectivity index (χ1) is 4.41. The molecule has 2 aliphatic rings. The summed E-state index contributed by atoms with van der Waals surface area (Å²) in [5.74, 6) is 0. The minimum atomic E-state index is 0.417. The zero-order valence-electron chi connectivity index (χ0n) is 5.56. The van der Waals surface area contributed by atoms with Crippen LogP contribution in [0.1, 0.15) is 32.1 Å². The van der Waals surface area contributed by atoms with Crippen LogP contribution in [0.4, 0.5) is 0 Å². The SMILES string of the molecule is C1=NNC2(C1)CCCC2. The molecule has 1 spiro atoms. The second-order valence-corrected chi connectivity index (χ2v) is 3.12. The molecule has 1 heterocycles. The molecule has 0 aromatic rings. The van der Waals surface area contributed by atoms with Crippen molar-refractivity contribution in [3.8, 4) is 0 Å². The molecule has 50 valence electrons. The molecule has 2 rings (SSSR count). The molecule has 0 atom stereocenters. The lowest BCUT2D eigenvalue weighted by Crippen LogP contribution is -2.34. The highest BCUT2D eigenvalue weighted by Crippen LogP contribution is 2.33. The molecule has 0 amide bonds. The number of rotatable bonds is 0. The topological polar surface area (TPSA) is 24.4 Å². The van der Waals surface area contributed by atoms with E-state index in [1.54, 1.807) is 0 Å². The molecule has 0 saturated heterocycles. The highest BCUT2D eigenvalue weighted by Gasteiger charge is 2.34. The predicted octanol–water partition coefficient (Wildman–Crippen LogP) is 1.28. The highest BCUT2D eigenvalue weighted by atomic mass is 15.3. The molecule has 0 aromatic heterocycles. The van der Waals surface area contributed by atoms with Crippen molar-refractivity contribution in [2.75, 3.05) is 0 Å². The molecule has 2 heteroatoms. The molecule has 0 radical (unpaired) electrons. The van der Waals surface area contributed by atoms with Crippen molar-refractivity contribution >= 4 is 6.21 Å². The van der Waals surface area contributed by atoms with Gasteiger partial charge < -0.3 is 5.43 Å². The van der Waals surface area contributed by atoms with Crippen molar-refractivity contribution in [3.05, 3.63) is 0 Å². The molecule has 1 aliphatic carbocycles. The van der Waals surface area contributed by atoms with Gasteiger partial charge in [-0.05, 0) is 12.8 Å². The summed E-state index contributed by atoms with van der Waals surface area (Å²) < 4.78 is 0. The highest BCUT2D eigenvalue weighted by molar-refractivity contribution is 5.61. The number of nitrogens with zero attached hydrogens (tertiary/aromatic N) is 1. The third-order valence-corrected chi connectivity index (χ3v) is 2.44. The third-order valence-electron chi connectivity index (χ3n) is 2.44. The van der Waals surface area contributed by atoms with Crippen molar-refractivity contribution in [1.82, 2.24) is 5.43 Å². The summed E-state index contributed by atoms with van der Waals surface area (Å²) in [6, 6.07) is 0. The van der Waals surface area contributed by atoms with Gasteiger partial charge in [-0.15, -0.1) is 0 Å². The molecule has 9 heavy (non-hydrogen) atoms. The fraction of sp³-hybridized carbons (Fsp3) is 0.857. The van der Waals surface area contributed by atoms with Gasteiger partial charge in [-0.25, -0.2) is 0 Å². The quantitative estimate of drug-likeness (QED) is 0.517. The zero-order chi connectivity index (χ0) is 6.16. The summed E-state index contributed by atoms with van der Waals surface area (Å²) in [4.78, 5) is 0. The Bertz CT molecular complexity index is 124. The van der Waals surface area contributed by atoms with Crippen molar-refractivity contribution in [1.29, 1.82) is 0 Å². The van der Waals surface area contributed by atoms with Gasteiger partial charge in [-0.3, -0.25) is 0 Å². The second kappa shape index (κ2) is 1.72. The van der Waals surface area contributed by atoms with Gasteiger partial charge in [0.25, 0.3) is 0 Å². The molecule has 0 aromatic carbocycles. The third kappa shape index (κ3) is 0.732. The Kier molecular flexibility index (Phi) is 1.01. The standard InChI is InChI=1S/C7H12N2/c1-2-4-7(3-1)5-6-8-9-7/h6,9H,1-5H2. The van der Waals surface area contributed by atoms with E-state index in [1.165, 1.54) is 25.7 Å². The average Bonchev–Trinajstić information content (AvgIpc) is 2.45. The van der Waals surface area contributed by atoms with Gasteiger partial charge >= 0.3 is 0 Å². The molecular formula is C7H12N2. The van der Waals surface area contributed by atoms with Gasteiger partial charge in [0.1, 0.15) is 0 Å². The van der Waals surface area contributed by atoms with Crippen LogP contribution in [0.25, 0.3) is 0 Å². The van der Waals surface area contributed by atoms with E-state index >= 15 is 0 Å². The van der Waals surface area contributed by atoms with Gasteiger partial charge in [0.2, 0.25) is 0 Å².